The van der Waals surface area contributed by atoms with Gasteiger partial charge in [0.15, 0.2) is 0 Å². The van der Waals surface area contributed by atoms with E-state index in [4.69, 9.17) is 0 Å². The molecule has 0 atom stereocenters. The van der Waals surface area contributed by atoms with Gasteiger partial charge in [-0.25, -0.2) is 4.39 Å². The zero-order valence-corrected chi connectivity index (χ0v) is 16.0. The SMILES string of the molecule is C=C=C(Nc1ccc(C)c(F)c1)C(=C)N1CCC(Cc2ccccc2)CC1. The molecule has 2 nitrogen and oxygen atoms in total. The molecule has 2 aromatic carbocycles. The van der Waals surface area contributed by atoms with E-state index in [1.54, 1.807) is 13.0 Å². The van der Waals surface area contributed by atoms with Crippen LogP contribution in [0.4, 0.5) is 10.1 Å². The second-order valence-corrected chi connectivity index (χ2v) is 7.21. The second-order valence-electron chi connectivity index (χ2n) is 7.21. The van der Waals surface area contributed by atoms with Crippen molar-refractivity contribution in [2.24, 2.45) is 5.92 Å². The Balaban J connectivity index is 1.57. The molecule has 2 aromatic rings. The predicted molar refractivity (Wildman–Crippen MR) is 111 cm³/mol. The van der Waals surface area contributed by atoms with Crippen molar-refractivity contribution in [3.05, 3.63) is 95.8 Å². The quantitative estimate of drug-likeness (QED) is 0.525. The summed E-state index contributed by atoms with van der Waals surface area (Å²) in [5.41, 5.74) is 7.22. The van der Waals surface area contributed by atoms with Crippen LogP contribution < -0.4 is 5.32 Å². The Morgan fingerprint density at radius 1 is 1.19 bits per heavy atom. The zero-order chi connectivity index (χ0) is 19.2. The van der Waals surface area contributed by atoms with Crippen LogP contribution in [0.2, 0.25) is 0 Å². The largest absolute Gasteiger partial charge is 0.370 e. The number of aryl methyl sites for hydroxylation is 1. The van der Waals surface area contributed by atoms with Crippen LogP contribution in [-0.2, 0) is 6.42 Å². The lowest BCUT2D eigenvalue weighted by Gasteiger charge is -2.35. The van der Waals surface area contributed by atoms with Gasteiger partial charge in [0.2, 0.25) is 0 Å². The lowest BCUT2D eigenvalue weighted by Crippen LogP contribution is -2.34. The van der Waals surface area contributed by atoms with E-state index < -0.39 is 0 Å². The van der Waals surface area contributed by atoms with Crippen LogP contribution in [0.1, 0.15) is 24.0 Å². The Morgan fingerprint density at radius 3 is 2.52 bits per heavy atom. The fourth-order valence-corrected chi connectivity index (χ4v) is 3.55. The van der Waals surface area contributed by atoms with Crippen molar-refractivity contribution in [2.45, 2.75) is 26.2 Å². The van der Waals surface area contributed by atoms with Crippen molar-refractivity contribution in [3.63, 3.8) is 0 Å². The van der Waals surface area contributed by atoms with E-state index in [0.717, 1.165) is 38.0 Å². The number of benzene rings is 2. The van der Waals surface area contributed by atoms with Crippen LogP contribution in [0, 0.1) is 18.7 Å². The standard InChI is InChI=1S/C24H27FN2/c1-4-24(26-22-11-10-18(2)23(25)17-22)19(3)27-14-12-21(13-15-27)16-20-8-6-5-7-9-20/h5-11,17,21,26H,1,3,12-16H2,2H3. The van der Waals surface area contributed by atoms with Crippen molar-refractivity contribution in [3.8, 4) is 0 Å². The Bertz CT molecular complexity index is 842. The van der Waals surface area contributed by atoms with Crippen LogP contribution in [0.15, 0.2) is 78.8 Å². The minimum absolute atomic E-state index is 0.226. The van der Waals surface area contributed by atoms with Crippen molar-refractivity contribution in [1.82, 2.24) is 4.90 Å². The second kappa shape index (κ2) is 8.75. The van der Waals surface area contributed by atoms with E-state index in [1.165, 1.54) is 11.6 Å². The molecule has 1 fully saturated rings. The zero-order valence-electron chi connectivity index (χ0n) is 16.0. The molecule has 27 heavy (non-hydrogen) atoms. The van der Waals surface area contributed by atoms with Gasteiger partial charge in [0.05, 0.1) is 5.70 Å². The van der Waals surface area contributed by atoms with Crippen LogP contribution in [0.5, 0.6) is 0 Å². The molecule has 0 saturated carbocycles. The van der Waals surface area contributed by atoms with Crippen molar-refractivity contribution in [2.75, 3.05) is 18.4 Å². The lowest BCUT2D eigenvalue weighted by molar-refractivity contribution is 0.230. The molecule has 1 N–H and O–H groups in total. The maximum absolute atomic E-state index is 13.8. The molecule has 0 radical (unpaired) electrons. The predicted octanol–water partition coefficient (Wildman–Crippen LogP) is 5.68. The van der Waals surface area contributed by atoms with Gasteiger partial charge in [-0.15, -0.1) is 5.73 Å². The first-order valence-electron chi connectivity index (χ1n) is 9.48. The third kappa shape index (κ3) is 4.90. The molecule has 0 amide bonds. The van der Waals surface area contributed by atoms with Gasteiger partial charge >= 0.3 is 0 Å². The first kappa shape index (κ1) is 19.0. The average Bonchev–Trinajstić information content (AvgIpc) is 2.69. The van der Waals surface area contributed by atoms with Crippen molar-refractivity contribution >= 4 is 5.69 Å². The minimum Gasteiger partial charge on any atom is -0.370 e. The number of piperidine rings is 1. The van der Waals surface area contributed by atoms with E-state index in [9.17, 15) is 4.39 Å². The number of halogens is 1. The Morgan fingerprint density at radius 2 is 1.89 bits per heavy atom. The first-order valence-corrected chi connectivity index (χ1v) is 9.48. The molecule has 3 rings (SSSR count). The van der Waals surface area contributed by atoms with Crippen LogP contribution in [0.25, 0.3) is 0 Å². The van der Waals surface area contributed by atoms with Gasteiger partial charge in [0.1, 0.15) is 11.5 Å². The van der Waals surface area contributed by atoms with Crippen molar-refractivity contribution in [1.29, 1.82) is 0 Å². The van der Waals surface area contributed by atoms with Gasteiger partial charge in [-0.3, -0.25) is 0 Å². The summed E-state index contributed by atoms with van der Waals surface area (Å²) >= 11 is 0. The molecule has 140 valence electrons. The Hall–Kier alpha value is -2.77. The van der Waals surface area contributed by atoms with Crippen LogP contribution in [0.3, 0.4) is 0 Å². The number of nitrogens with zero attached hydrogens (tertiary/aromatic N) is 1. The molecule has 1 heterocycles. The van der Waals surface area contributed by atoms with E-state index in [-0.39, 0.29) is 5.82 Å². The highest BCUT2D eigenvalue weighted by molar-refractivity contribution is 5.53. The maximum atomic E-state index is 13.8. The molecule has 0 unspecified atom stereocenters. The summed E-state index contributed by atoms with van der Waals surface area (Å²) in [7, 11) is 0. The molecular formula is C24H27FN2. The maximum Gasteiger partial charge on any atom is 0.128 e. The van der Waals surface area contributed by atoms with E-state index in [2.05, 4.69) is 59.4 Å². The summed E-state index contributed by atoms with van der Waals surface area (Å²) in [6.45, 7) is 11.7. The molecule has 0 aromatic heterocycles. The average molecular weight is 362 g/mol. The lowest BCUT2D eigenvalue weighted by atomic mass is 9.90. The third-order valence-electron chi connectivity index (χ3n) is 5.27. The van der Waals surface area contributed by atoms with Gasteiger partial charge in [0.25, 0.3) is 0 Å². The molecule has 1 saturated heterocycles. The summed E-state index contributed by atoms with van der Waals surface area (Å²) in [5.74, 6) is 0.475. The van der Waals surface area contributed by atoms with Gasteiger partial charge < -0.3 is 10.2 Å². The molecule has 0 aliphatic carbocycles. The number of hydrogen-bond acceptors (Lipinski definition) is 2. The highest BCUT2D eigenvalue weighted by atomic mass is 19.1. The van der Waals surface area contributed by atoms with Crippen LogP contribution in [-0.4, -0.2) is 18.0 Å². The molecular weight excluding hydrogens is 335 g/mol. The highest BCUT2D eigenvalue weighted by Gasteiger charge is 2.22. The minimum atomic E-state index is -0.226. The molecule has 0 spiro atoms. The fourth-order valence-electron chi connectivity index (χ4n) is 3.55. The monoisotopic (exact) mass is 362 g/mol. The molecule has 3 heteroatoms. The van der Waals surface area contributed by atoms with Gasteiger partial charge in [-0.1, -0.05) is 49.6 Å². The van der Waals surface area contributed by atoms with E-state index in [0.29, 0.717) is 22.9 Å². The normalized spacial score (nSPS) is 14.5. The number of likely N-dealkylation sites (tertiary alicyclic amines) is 1. The topological polar surface area (TPSA) is 15.3 Å². The van der Waals surface area contributed by atoms with E-state index >= 15 is 0 Å². The summed E-state index contributed by atoms with van der Waals surface area (Å²) in [6.07, 6.45) is 3.40. The molecule has 1 aliphatic heterocycles. The summed E-state index contributed by atoms with van der Waals surface area (Å²) < 4.78 is 13.8. The van der Waals surface area contributed by atoms with Gasteiger partial charge in [-0.05, 0) is 55.4 Å². The summed E-state index contributed by atoms with van der Waals surface area (Å²) in [5, 5.41) is 3.21. The third-order valence-corrected chi connectivity index (χ3v) is 5.27. The smallest absolute Gasteiger partial charge is 0.128 e. The Labute approximate surface area is 161 Å². The number of hydrogen-bond donors (Lipinski definition) is 1. The number of nitrogens with one attached hydrogen (secondary N) is 1. The van der Waals surface area contributed by atoms with Gasteiger partial charge in [-0.2, -0.15) is 0 Å². The van der Waals surface area contributed by atoms with Crippen molar-refractivity contribution < 1.29 is 4.39 Å². The van der Waals surface area contributed by atoms with E-state index in [1.807, 2.05) is 6.07 Å². The molecule has 0 bridgehead atoms. The Kier molecular flexibility index (Phi) is 6.16. The number of rotatable bonds is 6. The summed E-state index contributed by atoms with van der Waals surface area (Å²) in [6, 6.07) is 15.8. The first-order chi connectivity index (χ1) is 13.1. The van der Waals surface area contributed by atoms with Gasteiger partial charge in [0, 0.05) is 18.8 Å². The fraction of sp³-hybridized carbons (Fsp3) is 0.292. The highest BCUT2D eigenvalue weighted by Crippen LogP contribution is 2.26. The van der Waals surface area contributed by atoms with Crippen LogP contribution >= 0.6 is 0 Å². The molecule has 1 aliphatic rings. The summed E-state index contributed by atoms with van der Waals surface area (Å²) in [4.78, 5) is 2.27. The number of anilines is 1.